The Labute approximate surface area is 319 Å². The molecule has 8 rings (SSSR count). The predicted octanol–water partition coefficient (Wildman–Crippen LogP) is 15.2. The average molecular weight is 770 g/mol. The molecule has 8 aromatic rings. The minimum Gasteiger partial charge on any atom is -0.294 e. The smallest absolute Gasteiger partial charge is 0.221 e. The summed E-state index contributed by atoms with van der Waals surface area (Å²) < 4.78 is 10.6. The second-order valence-electron chi connectivity index (χ2n) is 12.7. The number of hydrogen-bond donors (Lipinski definition) is 0. The lowest BCUT2D eigenvalue weighted by Gasteiger charge is -2.01. The molecule has 0 unspecified atom stereocenters. The normalized spacial score (nSPS) is 11.3. The fourth-order valence-electron chi connectivity index (χ4n) is 6.04. The van der Waals surface area contributed by atoms with Gasteiger partial charge in [0.05, 0.1) is 18.8 Å². The van der Waals surface area contributed by atoms with Gasteiger partial charge in [-0.25, -0.2) is 0 Å². The Bertz CT molecular complexity index is 2310. The maximum atomic E-state index is 12.4. The van der Waals surface area contributed by atoms with Crippen molar-refractivity contribution in [1.29, 1.82) is 0 Å². The second kappa shape index (κ2) is 17.4. The largest absolute Gasteiger partial charge is 0.294 e. The first kappa shape index (κ1) is 37.3. The molecule has 0 amide bonds. The molecule has 8 heteroatoms. The number of hydrogen-bond acceptors (Lipinski definition) is 7. The lowest BCUT2D eigenvalue weighted by molar-refractivity contribution is -0.111. The topological polar surface area (TPSA) is 51.2 Å². The maximum absolute atomic E-state index is 12.4. The Morgan fingerprint density at radius 1 is 0.471 bits per heavy atom. The molecule has 262 valence electrons. The average Bonchev–Trinajstić information content (AvgIpc) is 3.90. The third-order valence-corrected chi connectivity index (χ3v) is 14.1. The van der Waals surface area contributed by atoms with E-state index in [2.05, 4.69) is 86.6 Å². The van der Waals surface area contributed by atoms with Crippen LogP contribution in [-0.4, -0.2) is 16.8 Å². The van der Waals surface area contributed by atoms with Crippen molar-refractivity contribution in [3.05, 3.63) is 96.1 Å². The van der Waals surface area contributed by atoms with Gasteiger partial charge < -0.3 is 0 Å². The number of carbonyl (C=O) groups is 3. The van der Waals surface area contributed by atoms with Crippen LogP contribution in [0.5, 0.6) is 0 Å². The highest BCUT2D eigenvalue weighted by molar-refractivity contribution is 7.37. The van der Waals surface area contributed by atoms with Gasteiger partial charge in [0.25, 0.3) is 0 Å². The minimum atomic E-state index is -0.221. The first-order valence-electron chi connectivity index (χ1n) is 17.7. The minimum absolute atomic E-state index is 0.221. The maximum Gasteiger partial charge on any atom is 0.221 e. The Balaban J connectivity index is 0.000000162. The van der Waals surface area contributed by atoms with Gasteiger partial charge in [-0.15, -0.1) is 45.3 Å². The van der Waals surface area contributed by atoms with Gasteiger partial charge in [0.1, 0.15) is 0 Å². The molecule has 4 aromatic heterocycles. The van der Waals surface area contributed by atoms with E-state index in [9.17, 15) is 14.4 Å². The number of fused-ring (bicyclic) bond motifs is 10. The standard InChI is InChI=1S/C24H24O2S2.C14H8S2.C5H9ClO/c1-3-5-7-19(25)15-9-11-17-21(13-15)27-24-18-12-10-16(20(26)8-6-4-2)14-22(18)28-23(17)24;1-3-7-11-9(5-1)13-14(15-11)10-6-2-4-8-12(10)16-13;1-2-3-4-5(6)7/h9-14H,3-8H2,1-2H3;1-8H;2-4H2,1H3. The summed E-state index contributed by atoms with van der Waals surface area (Å²) in [6.07, 6.45) is 7.70. The number of benzene rings is 4. The number of ketones is 2. The highest BCUT2D eigenvalue weighted by Crippen LogP contribution is 2.45. The summed E-state index contributed by atoms with van der Waals surface area (Å²) >= 11 is 12.3. The van der Waals surface area contributed by atoms with E-state index in [1.807, 2.05) is 41.7 Å². The van der Waals surface area contributed by atoms with Crippen LogP contribution in [0.25, 0.3) is 59.1 Å². The SMILES string of the molecule is CCCCC(=O)Cl.CCCCC(=O)c1ccc2c(c1)sc1c3ccc(C(=O)CCCC)cc3sc21.c1ccc2c(c1)sc1c3ccccc3sc21. The van der Waals surface area contributed by atoms with Crippen molar-refractivity contribution in [2.24, 2.45) is 0 Å². The van der Waals surface area contributed by atoms with E-state index in [1.54, 1.807) is 22.7 Å². The lowest BCUT2D eigenvalue weighted by Crippen LogP contribution is -1.97. The molecule has 4 aromatic carbocycles. The van der Waals surface area contributed by atoms with E-state index >= 15 is 0 Å². The molecule has 3 nitrogen and oxygen atoms in total. The molecule has 0 aliphatic rings. The molecule has 0 atom stereocenters. The molecule has 0 bridgehead atoms. The van der Waals surface area contributed by atoms with Crippen molar-refractivity contribution < 1.29 is 14.4 Å². The lowest BCUT2D eigenvalue weighted by atomic mass is 10.0. The van der Waals surface area contributed by atoms with Gasteiger partial charge in [0.2, 0.25) is 5.24 Å². The van der Waals surface area contributed by atoms with Crippen molar-refractivity contribution in [3.63, 3.8) is 0 Å². The summed E-state index contributed by atoms with van der Waals surface area (Å²) in [7, 11) is 0. The molecular weight excluding hydrogens is 728 g/mol. The van der Waals surface area contributed by atoms with Gasteiger partial charge in [-0.1, -0.05) is 101 Å². The van der Waals surface area contributed by atoms with Gasteiger partial charge in [-0.05, 0) is 55.1 Å². The zero-order valence-corrected chi connectivity index (χ0v) is 33.2. The molecule has 0 radical (unpaired) electrons. The Morgan fingerprint density at radius 3 is 1.20 bits per heavy atom. The second-order valence-corrected chi connectivity index (χ2v) is 17.3. The Kier molecular flexibility index (Phi) is 12.7. The molecule has 0 aliphatic carbocycles. The summed E-state index contributed by atoms with van der Waals surface area (Å²) in [5, 5.41) is 5.02. The van der Waals surface area contributed by atoms with Crippen molar-refractivity contribution in [2.75, 3.05) is 0 Å². The van der Waals surface area contributed by atoms with Crippen LogP contribution < -0.4 is 0 Å². The number of halogens is 1. The fourth-order valence-corrected chi connectivity index (χ4v) is 11.6. The molecule has 4 heterocycles. The van der Waals surface area contributed by atoms with Crippen molar-refractivity contribution in [1.82, 2.24) is 0 Å². The van der Waals surface area contributed by atoms with Gasteiger partial charge in [0, 0.05) is 70.7 Å². The first-order chi connectivity index (χ1) is 24.8. The van der Waals surface area contributed by atoms with Crippen molar-refractivity contribution in [2.45, 2.75) is 78.6 Å². The van der Waals surface area contributed by atoms with E-state index in [1.165, 1.54) is 59.1 Å². The highest BCUT2D eigenvalue weighted by Gasteiger charge is 2.16. The number of thiophene rings is 4. The molecule has 0 spiro atoms. The molecule has 0 saturated heterocycles. The summed E-state index contributed by atoms with van der Waals surface area (Å²) in [6, 6.07) is 29.6. The number of rotatable bonds is 11. The zero-order valence-electron chi connectivity index (χ0n) is 29.2. The molecule has 0 N–H and O–H groups in total. The molecular formula is C43H41ClO3S4. The van der Waals surface area contributed by atoms with Crippen LogP contribution in [0, 0.1) is 0 Å². The van der Waals surface area contributed by atoms with Crippen LogP contribution in [0.2, 0.25) is 0 Å². The Hall–Kier alpha value is -3.46. The number of unbranched alkanes of at least 4 members (excludes halogenated alkanes) is 3. The summed E-state index contributed by atoms with van der Waals surface area (Å²) in [5.74, 6) is 0.473. The van der Waals surface area contributed by atoms with E-state index in [-0.39, 0.29) is 16.8 Å². The molecule has 51 heavy (non-hydrogen) atoms. The van der Waals surface area contributed by atoms with E-state index in [4.69, 9.17) is 11.6 Å². The summed E-state index contributed by atoms with van der Waals surface area (Å²) in [4.78, 5) is 34.7. The summed E-state index contributed by atoms with van der Waals surface area (Å²) in [5.41, 5.74) is 1.64. The van der Waals surface area contributed by atoms with E-state index in [0.29, 0.717) is 19.3 Å². The fraction of sp³-hybridized carbons (Fsp3) is 0.279. The van der Waals surface area contributed by atoms with Crippen LogP contribution in [-0.2, 0) is 4.79 Å². The van der Waals surface area contributed by atoms with Crippen LogP contribution >= 0.6 is 56.9 Å². The van der Waals surface area contributed by atoms with Crippen LogP contribution in [0.3, 0.4) is 0 Å². The van der Waals surface area contributed by atoms with E-state index < -0.39 is 0 Å². The zero-order chi connectivity index (χ0) is 35.9. The van der Waals surface area contributed by atoms with Gasteiger partial charge in [0.15, 0.2) is 11.6 Å². The third kappa shape index (κ3) is 8.45. The van der Waals surface area contributed by atoms with Gasteiger partial charge >= 0.3 is 0 Å². The summed E-state index contributed by atoms with van der Waals surface area (Å²) in [6.45, 7) is 6.25. The van der Waals surface area contributed by atoms with Crippen LogP contribution in [0.4, 0.5) is 0 Å². The molecule has 0 fully saturated rings. The van der Waals surface area contributed by atoms with Crippen molar-refractivity contribution in [3.8, 4) is 0 Å². The predicted molar refractivity (Wildman–Crippen MR) is 228 cm³/mol. The molecule has 0 saturated carbocycles. The number of Topliss-reactive ketones (excluding diaryl/α,β-unsaturated/α-hetero) is 2. The van der Waals surface area contributed by atoms with Crippen molar-refractivity contribution >= 4 is 133 Å². The monoisotopic (exact) mass is 768 g/mol. The number of carbonyl (C=O) groups excluding carboxylic acids is 3. The van der Waals surface area contributed by atoms with Gasteiger partial charge in [-0.2, -0.15) is 0 Å². The Morgan fingerprint density at radius 2 is 0.824 bits per heavy atom. The third-order valence-electron chi connectivity index (χ3n) is 8.86. The molecule has 0 aliphatic heterocycles. The highest BCUT2D eigenvalue weighted by atomic mass is 35.5. The quantitative estimate of drug-likeness (QED) is 0.0972. The van der Waals surface area contributed by atoms with Crippen LogP contribution in [0.15, 0.2) is 84.9 Å². The van der Waals surface area contributed by atoms with Crippen LogP contribution in [0.1, 0.15) is 99.3 Å². The van der Waals surface area contributed by atoms with Gasteiger partial charge in [-0.3, -0.25) is 14.4 Å². The first-order valence-corrected chi connectivity index (χ1v) is 21.4. The van der Waals surface area contributed by atoms with E-state index in [0.717, 1.165) is 49.7 Å².